The molecule has 0 spiro atoms. The first kappa shape index (κ1) is 21.1. The third-order valence-electron chi connectivity index (χ3n) is 5.78. The van der Waals surface area contributed by atoms with Gasteiger partial charge in [-0.05, 0) is 38.8 Å². The SMILES string of the molecule is COCCOC(=O)C1=C(C)NC2=C(C(=O)CCC2)C1c1coc2ccc(C)cc2c1=O. The Balaban J connectivity index is 1.90. The summed E-state index contributed by atoms with van der Waals surface area (Å²) in [5, 5.41) is 3.63. The van der Waals surface area contributed by atoms with Crippen molar-refractivity contribution < 1.29 is 23.5 Å². The average Bonchev–Trinajstić information content (AvgIpc) is 2.74. The van der Waals surface area contributed by atoms with Crippen LogP contribution in [0.1, 0.15) is 43.2 Å². The number of dihydropyridines is 1. The normalized spacial score (nSPS) is 18.8. The maximum atomic E-state index is 13.5. The molecule has 1 aliphatic carbocycles. The van der Waals surface area contributed by atoms with Gasteiger partial charge in [0.25, 0.3) is 0 Å². The summed E-state index contributed by atoms with van der Waals surface area (Å²) in [5.41, 5.74) is 3.43. The van der Waals surface area contributed by atoms with Gasteiger partial charge in [0.1, 0.15) is 12.2 Å². The minimum absolute atomic E-state index is 0.0721. The van der Waals surface area contributed by atoms with Gasteiger partial charge in [0.15, 0.2) is 11.2 Å². The molecular weight excluding hydrogens is 398 g/mol. The molecule has 7 heteroatoms. The van der Waals surface area contributed by atoms with E-state index in [1.807, 2.05) is 13.0 Å². The van der Waals surface area contributed by atoms with Crippen LogP contribution in [0.5, 0.6) is 0 Å². The topological polar surface area (TPSA) is 94.8 Å². The number of fused-ring (bicyclic) bond motifs is 1. The van der Waals surface area contributed by atoms with Crippen LogP contribution in [0, 0.1) is 6.92 Å². The highest BCUT2D eigenvalue weighted by Crippen LogP contribution is 2.41. The van der Waals surface area contributed by atoms with Gasteiger partial charge in [-0.3, -0.25) is 9.59 Å². The Morgan fingerprint density at radius 2 is 2.00 bits per heavy atom. The standard InChI is InChI=1S/C24H25NO6/c1-13-7-8-19-15(11-13)23(27)16(12-31-19)21-20(24(28)30-10-9-29-3)14(2)25-17-5-4-6-18(26)22(17)21/h7-8,11-12,21,25H,4-6,9-10H2,1-3H3. The Morgan fingerprint density at radius 3 is 2.77 bits per heavy atom. The molecule has 7 nitrogen and oxygen atoms in total. The van der Waals surface area contributed by atoms with Crippen molar-refractivity contribution in [1.82, 2.24) is 5.32 Å². The Kier molecular flexibility index (Phi) is 5.78. The van der Waals surface area contributed by atoms with Crippen LogP contribution >= 0.6 is 0 Å². The predicted molar refractivity (Wildman–Crippen MR) is 115 cm³/mol. The molecule has 1 unspecified atom stereocenters. The van der Waals surface area contributed by atoms with E-state index in [-0.39, 0.29) is 35.6 Å². The molecule has 1 aromatic heterocycles. The van der Waals surface area contributed by atoms with Crippen LogP contribution in [0.15, 0.2) is 56.2 Å². The average molecular weight is 423 g/mol. The minimum Gasteiger partial charge on any atom is -0.464 e. The van der Waals surface area contributed by atoms with Crippen molar-refractivity contribution in [3.63, 3.8) is 0 Å². The summed E-state index contributed by atoms with van der Waals surface area (Å²) in [6.07, 6.45) is 3.15. The Morgan fingerprint density at radius 1 is 1.19 bits per heavy atom. The maximum Gasteiger partial charge on any atom is 0.336 e. The zero-order valence-corrected chi connectivity index (χ0v) is 17.9. The fourth-order valence-corrected chi connectivity index (χ4v) is 4.32. The summed E-state index contributed by atoms with van der Waals surface area (Å²) in [4.78, 5) is 39.5. The van der Waals surface area contributed by atoms with E-state index in [2.05, 4.69) is 5.32 Å². The second-order valence-electron chi connectivity index (χ2n) is 7.91. The smallest absolute Gasteiger partial charge is 0.336 e. The molecule has 31 heavy (non-hydrogen) atoms. The van der Waals surface area contributed by atoms with Gasteiger partial charge in [-0.15, -0.1) is 0 Å². The minimum atomic E-state index is -0.833. The van der Waals surface area contributed by atoms with Crippen LogP contribution in [0.25, 0.3) is 11.0 Å². The molecule has 0 radical (unpaired) electrons. The number of benzene rings is 1. The number of Topliss-reactive ketones (excluding diaryl/α,β-unsaturated/α-hetero) is 1. The number of carbonyl (C=O) groups excluding carboxylic acids is 2. The Bertz CT molecular complexity index is 1190. The van der Waals surface area contributed by atoms with Gasteiger partial charge in [-0.2, -0.15) is 0 Å². The van der Waals surface area contributed by atoms with Gasteiger partial charge in [-0.25, -0.2) is 4.79 Å². The maximum absolute atomic E-state index is 13.5. The van der Waals surface area contributed by atoms with Crippen LogP contribution in [0.4, 0.5) is 0 Å². The van der Waals surface area contributed by atoms with Crippen molar-refractivity contribution in [2.45, 2.75) is 39.0 Å². The van der Waals surface area contributed by atoms with E-state index in [0.29, 0.717) is 35.1 Å². The van der Waals surface area contributed by atoms with Gasteiger partial charge in [0.2, 0.25) is 0 Å². The highest BCUT2D eigenvalue weighted by atomic mass is 16.6. The highest BCUT2D eigenvalue weighted by molar-refractivity contribution is 6.04. The number of ketones is 1. The molecule has 1 N–H and O–H groups in total. The quantitative estimate of drug-likeness (QED) is 0.583. The molecule has 162 valence electrons. The summed E-state index contributed by atoms with van der Waals surface area (Å²) in [5.74, 6) is -1.49. The van der Waals surface area contributed by atoms with Crippen LogP contribution in [-0.2, 0) is 19.1 Å². The highest BCUT2D eigenvalue weighted by Gasteiger charge is 2.40. The number of aryl methyl sites for hydroxylation is 1. The van der Waals surface area contributed by atoms with E-state index >= 15 is 0 Å². The largest absolute Gasteiger partial charge is 0.464 e. The summed E-state index contributed by atoms with van der Waals surface area (Å²) in [6, 6.07) is 5.37. The van der Waals surface area contributed by atoms with Crippen LogP contribution < -0.4 is 10.7 Å². The van der Waals surface area contributed by atoms with E-state index in [4.69, 9.17) is 13.9 Å². The first-order valence-corrected chi connectivity index (χ1v) is 10.3. The number of ether oxygens (including phenoxy) is 2. The van der Waals surface area contributed by atoms with Crippen molar-refractivity contribution in [3.05, 3.63) is 68.4 Å². The van der Waals surface area contributed by atoms with Crippen LogP contribution in [0.2, 0.25) is 0 Å². The lowest BCUT2D eigenvalue weighted by Crippen LogP contribution is -2.36. The third-order valence-corrected chi connectivity index (χ3v) is 5.78. The number of allylic oxidation sites excluding steroid dienone is 3. The molecule has 0 amide bonds. The summed E-state index contributed by atoms with van der Waals surface area (Å²) >= 11 is 0. The lowest BCUT2D eigenvalue weighted by atomic mass is 9.75. The van der Waals surface area contributed by atoms with Gasteiger partial charge < -0.3 is 19.2 Å². The number of hydrogen-bond acceptors (Lipinski definition) is 7. The number of hydrogen-bond donors (Lipinski definition) is 1. The van der Waals surface area contributed by atoms with E-state index in [1.54, 1.807) is 19.1 Å². The first-order valence-electron chi connectivity index (χ1n) is 10.3. The molecule has 2 heterocycles. The molecule has 2 aromatic rings. The van der Waals surface area contributed by atoms with Gasteiger partial charge in [-0.1, -0.05) is 11.6 Å². The molecule has 4 rings (SSSR count). The van der Waals surface area contributed by atoms with E-state index in [0.717, 1.165) is 17.7 Å². The van der Waals surface area contributed by atoms with E-state index < -0.39 is 11.9 Å². The molecule has 2 aliphatic rings. The number of methoxy groups -OCH3 is 1. The third kappa shape index (κ3) is 3.81. The summed E-state index contributed by atoms with van der Waals surface area (Å²) in [6.45, 7) is 3.98. The van der Waals surface area contributed by atoms with Crippen molar-refractivity contribution in [3.8, 4) is 0 Å². The first-order chi connectivity index (χ1) is 14.9. The lowest BCUT2D eigenvalue weighted by Gasteiger charge is -2.33. The molecule has 0 saturated heterocycles. The van der Waals surface area contributed by atoms with E-state index in [1.165, 1.54) is 13.4 Å². The molecule has 1 aliphatic heterocycles. The van der Waals surface area contributed by atoms with Crippen LogP contribution in [0.3, 0.4) is 0 Å². The number of carbonyl (C=O) groups is 2. The number of nitrogens with one attached hydrogen (secondary N) is 1. The molecule has 0 bridgehead atoms. The van der Waals surface area contributed by atoms with Crippen molar-refractivity contribution in [1.29, 1.82) is 0 Å². The molecule has 0 saturated carbocycles. The Hall–Kier alpha value is -3.19. The molecule has 1 aromatic carbocycles. The fourth-order valence-electron chi connectivity index (χ4n) is 4.32. The fraction of sp³-hybridized carbons (Fsp3) is 0.375. The second kappa shape index (κ2) is 8.51. The monoisotopic (exact) mass is 423 g/mol. The molecule has 0 fully saturated rings. The van der Waals surface area contributed by atoms with Gasteiger partial charge in [0, 0.05) is 36.1 Å². The molecule has 1 atom stereocenters. The van der Waals surface area contributed by atoms with Crippen molar-refractivity contribution in [2.75, 3.05) is 20.3 Å². The number of esters is 1. The van der Waals surface area contributed by atoms with E-state index in [9.17, 15) is 14.4 Å². The summed E-state index contributed by atoms with van der Waals surface area (Å²) < 4.78 is 16.1. The zero-order chi connectivity index (χ0) is 22.1. The lowest BCUT2D eigenvalue weighted by molar-refractivity contribution is -0.140. The number of rotatable bonds is 5. The molecular formula is C24H25NO6. The second-order valence-corrected chi connectivity index (χ2v) is 7.91. The van der Waals surface area contributed by atoms with Gasteiger partial charge >= 0.3 is 5.97 Å². The Labute approximate surface area is 179 Å². The van der Waals surface area contributed by atoms with Crippen LogP contribution in [-0.4, -0.2) is 32.1 Å². The van der Waals surface area contributed by atoms with Crippen molar-refractivity contribution in [2.24, 2.45) is 0 Å². The summed E-state index contributed by atoms with van der Waals surface area (Å²) in [7, 11) is 1.52. The van der Waals surface area contributed by atoms with Crippen molar-refractivity contribution >= 4 is 22.7 Å². The van der Waals surface area contributed by atoms with Gasteiger partial charge in [0.05, 0.1) is 29.7 Å². The zero-order valence-electron chi connectivity index (χ0n) is 17.9. The predicted octanol–water partition coefficient (Wildman–Crippen LogP) is 3.26.